The van der Waals surface area contributed by atoms with Crippen LogP contribution in [-0.2, 0) is 6.54 Å². The van der Waals surface area contributed by atoms with Gasteiger partial charge < -0.3 is 19.9 Å². The third kappa shape index (κ3) is 4.34. The topological polar surface area (TPSA) is 89.3 Å². The van der Waals surface area contributed by atoms with Gasteiger partial charge in [-0.05, 0) is 23.8 Å². The molecule has 0 radical (unpaired) electrons. The van der Waals surface area contributed by atoms with Crippen molar-refractivity contribution in [3.8, 4) is 17.2 Å². The average Bonchev–Trinajstić information content (AvgIpc) is 3.19. The summed E-state index contributed by atoms with van der Waals surface area (Å²) in [7, 11) is 1.49. The molecular weight excluding hydrogens is 396 g/mol. The molecule has 9 heteroatoms. The highest BCUT2D eigenvalue weighted by Crippen LogP contribution is 2.33. The highest BCUT2D eigenvalue weighted by Gasteiger charge is 2.22. The van der Waals surface area contributed by atoms with Crippen LogP contribution >= 0.6 is 11.6 Å². The molecule has 0 saturated carbocycles. The highest BCUT2D eigenvalue weighted by molar-refractivity contribution is 6.33. The predicted octanol–water partition coefficient (Wildman–Crippen LogP) is 2.12. The van der Waals surface area contributed by atoms with Crippen molar-refractivity contribution in [2.75, 3.05) is 45.8 Å². The lowest BCUT2D eigenvalue weighted by atomic mass is 10.1. The first-order chi connectivity index (χ1) is 14.0. The third-order valence-corrected chi connectivity index (χ3v) is 5.37. The van der Waals surface area contributed by atoms with Crippen LogP contribution in [0.5, 0.6) is 17.2 Å². The van der Waals surface area contributed by atoms with Crippen LogP contribution in [0.25, 0.3) is 0 Å². The zero-order chi connectivity index (χ0) is 20.4. The molecule has 4 rings (SSSR count). The van der Waals surface area contributed by atoms with E-state index in [0.717, 1.165) is 31.1 Å². The number of anilines is 1. The van der Waals surface area contributed by atoms with Crippen molar-refractivity contribution in [3.63, 3.8) is 0 Å². The Morgan fingerprint density at radius 3 is 2.69 bits per heavy atom. The molecule has 154 valence electrons. The van der Waals surface area contributed by atoms with Gasteiger partial charge in [-0.15, -0.1) is 0 Å². The molecule has 1 amide bonds. The minimum atomic E-state index is -0.270. The Morgan fingerprint density at radius 1 is 1.17 bits per heavy atom. The summed E-state index contributed by atoms with van der Waals surface area (Å²) in [6.45, 7) is 4.17. The van der Waals surface area contributed by atoms with Crippen molar-refractivity contribution in [1.29, 1.82) is 0 Å². The van der Waals surface area contributed by atoms with E-state index in [1.54, 1.807) is 6.07 Å². The number of nitrogens with two attached hydrogens (primary N) is 1. The number of nitrogens with one attached hydrogen (secondary N) is 1. The lowest BCUT2D eigenvalue weighted by Crippen LogP contribution is -2.53. The number of nitrogens with zero attached hydrogens (tertiary/aromatic N) is 2. The van der Waals surface area contributed by atoms with Crippen LogP contribution in [0.1, 0.15) is 15.9 Å². The van der Waals surface area contributed by atoms with Gasteiger partial charge in [0.05, 0.1) is 23.4 Å². The van der Waals surface area contributed by atoms with E-state index in [4.69, 9.17) is 31.5 Å². The number of hydrogen-bond acceptors (Lipinski definition) is 7. The molecule has 8 nitrogen and oxygen atoms in total. The van der Waals surface area contributed by atoms with E-state index in [0.29, 0.717) is 35.1 Å². The van der Waals surface area contributed by atoms with Crippen LogP contribution < -0.4 is 25.4 Å². The number of piperazine rings is 1. The minimum absolute atomic E-state index is 0.270. The van der Waals surface area contributed by atoms with Gasteiger partial charge in [0.15, 0.2) is 11.5 Å². The van der Waals surface area contributed by atoms with Crippen LogP contribution in [0.2, 0.25) is 5.02 Å². The molecule has 0 aromatic heterocycles. The van der Waals surface area contributed by atoms with Gasteiger partial charge in [0.2, 0.25) is 6.79 Å². The molecule has 2 aromatic carbocycles. The second-order valence-electron chi connectivity index (χ2n) is 6.97. The van der Waals surface area contributed by atoms with Crippen LogP contribution in [0, 0.1) is 0 Å². The van der Waals surface area contributed by atoms with E-state index in [9.17, 15) is 4.79 Å². The molecule has 3 N–H and O–H groups in total. The predicted molar refractivity (Wildman–Crippen MR) is 109 cm³/mol. The van der Waals surface area contributed by atoms with Crippen LogP contribution in [-0.4, -0.2) is 55.9 Å². The van der Waals surface area contributed by atoms with Gasteiger partial charge >= 0.3 is 0 Å². The van der Waals surface area contributed by atoms with Crippen molar-refractivity contribution >= 4 is 23.2 Å². The fourth-order valence-electron chi connectivity index (χ4n) is 3.43. The van der Waals surface area contributed by atoms with Crippen molar-refractivity contribution < 1.29 is 19.0 Å². The molecule has 2 aliphatic rings. The Morgan fingerprint density at radius 2 is 1.93 bits per heavy atom. The number of halogens is 1. The zero-order valence-corrected chi connectivity index (χ0v) is 16.9. The van der Waals surface area contributed by atoms with E-state index in [1.807, 2.05) is 17.1 Å². The Bertz CT molecular complexity index is 916. The Labute approximate surface area is 174 Å². The molecule has 29 heavy (non-hydrogen) atoms. The quantitative estimate of drug-likeness (QED) is 0.719. The lowest BCUT2D eigenvalue weighted by Gasteiger charge is -2.34. The molecule has 0 unspecified atom stereocenters. The molecule has 0 atom stereocenters. The second-order valence-corrected chi connectivity index (χ2v) is 7.37. The number of fused-ring (bicyclic) bond motifs is 1. The van der Waals surface area contributed by atoms with Gasteiger partial charge in [0.1, 0.15) is 5.75 Å². The molecule has 0 aliphatic carbocycles. The number of nitrogen functional groups attached to an aromatic ring is 1. The minimum Gasteiger partial charge on any atom is -0.496 e. The van der Waals surface area contributed by atoms with Crippen molar-refractivity contribution in [2.24, 2.45) is 0 Å². The molecule has 1 saturated heterocycles. The maximum atomic E-state index is 12.7. The Kier molecular flexibility index (Phi) is 5.66. The lowest BCUT2D eigenvalue weighted by molar-refractivity contribution is 0.0602. The summed E-state index contributed by atoms with van der Waals surface area (Å²) >= 11 is 6.06. The summed E-state index contributed by atoms with van der Waals surface area (Å²) in [6.07, 6.45) is 0. The average molecular weight is 419 g/mol. The van der Waals surface area contributed by atoms with E-state index >= 15 is 0 Å². The molecular formula is C20H23ClN4O4. The monoisotopic (exact) mass is 418 g/mol. The smallest absolute Gasteiger partial charge is 0.269 e. The van der Waals surface area contributed by atoms with E-state index in [2.05, 4.69) is 16.4 Å². The van der Waals surface area contributed by atoms with Crippen LogP contribution in [0.4, 0.5) is 5.69 Å². The molecule has 1 fully saturated rings. The van der Waals surface area contributed by atoms with E-state index in [-0.39, 0.29) is 12.7 Å². The summed E-state index contributed by atoms with van der Waals surface area (Å²) < 4.78 is 16.1. The zero-order valence-electron chi connectivity index (χ0n) is 16.1. The number of methoxy groups -OCH3 is 1. The normalized spacial score (nSPS) is 16.6. The largest absolute Gasteiger partial charge is 0.496 e. The molecule has 2 heterocycles. The first kappa shape index (κ1) is 19.6. The summed E-state index contributed by atoms with van der Waals surface area (Å²) in [5, 5.41) is 2.23. The summed E-state index contributed by atoms with van der Waals surface area (Å²) in [6, 6.07) is 9.10. The fourth-order valence-corrected chi connectivity index (χ4v) is 3.60. The first-order valence-electron chi connectivity index (χ1n) is 9.33. The highest BCUT2D eigenvalue weighted by atomic mass is 35.5. The molecule has 0 spiro atoms. The molecule has 0 bridgehead atoms. The first-order valence-corrected chi connectivity index (χ1v) is 9.71. The van der Waals surface area contributed by atoms with Crippen LogP contribution in [0.15, 0.2) is 30.3 Å². The number of rotatable bonds is 5. The number of amides is 1. The maximum Gasteiger partial charge on any atom is 0.269 e. The van der Waals surface area contributed by atoms with Gasteiger partial charge in [-0.3, -0.25) is 15.1 Å². The Balaban J connectivity index is 1.32. The van der Waals surface area contributed by atoms with Crippen molar-refractivity contribution in [3.05, 3.63) is 46.5 Å². The number of carbonyl (C=O) groups is 1. The standard InChI is InChI=1S/C20H23ClN4O4/c1-27-18-10-16(22)15(21)9-14(18)20(26)23-25-6-4-24(5-7-25)11-13-2-3-17-19(8-13)29-12-28-17/h2-3,8-10H,4-7,11-12,22H2,1H3,(H,23,26). The maximum absolute atomic E-state index is 12.7. The van der Waals surface area contributed by atoms with Gasteiger partial charge in [0.25, 0.3) is 5.91 Å². The van der Waals surface area contributed by atoms with Crippen molar-refractivity contribution in [2.45, 2.75) is 6.54 Å². The number of ether oxygens (including phenoxy) is 3. The number of hydrazine groups is 1. The Hall–Kier alpha value is -2.68. The van der Waals surface area contributed by atoms with Crippen LogP contribution in [0.3, 0.4) is 0 Å². The number of benzene rings is 2. The fraction of sp³-hybridized carbons (Fsp3) is 0.350. The van der Waals surface area contributed by atoms with Gasteiger partial charge in [0, 0.05) is 38.8 Å². The summed E-state index contributed by atoms with van der Waals surface area (Å²) in [5.74, 6) is 1.71. The number of carbonyl (C=O) groups excluding carboxylic acids is 1. The molecule has 2 aliphatic heterocycles. The van der Waals surface area contributed by atoms with Gasteiger partial charge in [-0.25, -0.2) is 5.01 Å². The van der Waals surface area contributed by atoms with Gasteiger partial charge in [-0.2, -0.15) is 0 Å². The van der Waals surface area contributed by atoms with Gasteiger partial charge in [-0.1, -0.05) is 17.7 Å². The number of hydrogen-bond donors (Lipinski definition) is 2. The third-order valence-electron chi connectivity index (χ3n) is 5.04. The van der Waals surface area contributed by atoms with E-state index < -0.39 is 0 Å². The summed E-state index contributed by atoms with van der Waals surface area (Å²) in [5.41, 5.74) is 10.6. The SMILES string of the molecule is COc1cc(N)c(Cl)cc1C(=O)NN1CCN(Cc2ccc3c(c2)OCO3)CC1. The molecule has 2 aromatic rings. The van der Waals surface area contributed by atoms with Crippen molar-refractivity contribution in [1.82, 2.24) is 15.3 Å². The van der Waals surface area contributed by atoms with E-state index in [1.165, 1.54) is 18.7 Å². The second kappa shape index (κ2) is 8.36. The summed E-state index contributed by atoms with van der Waals surface area (Å²) in [4.78, 5) is 15.0.